The summed E-state index contributed by atoms with van der Waals surface area (Å²) in [6.07, 6.45) is 2.40. The summed E-state index contributed by atoms with van der Waals surface area (Å²) in [5, 5.41) is 15.7. The maximum Gasteiger partial charge on any atom is 0.113 e. The molecule has 1 fully saturated rings. The van der Waals surface area contributed by atoms with Gasteiger partial charge in [-0.3, -0.25) is 0 Å². The van der Waals surface area contributed by atoms with Crippen molar-refractivity contribution in [2.45, 2.75) is 18.9 Å². The van der Waals surface area contributed by atoms with Crippen LogP contribution in [0.4, 0.5) is 0 Å². The van der Waals surface area contributed by atoms with E-state index < -0.39 is 0 Å². The van der Waals surface area contributed by atoms with Gasteiger partial charge in [0, 0.05) is 6.54 Å². The van der Waals surface area contributed by atoms with Crippen molar-refractivity contribution in [2.75, 3.05) is 13.1 Å². The number of benzene rings is 3. The highest BCUT2D eigenvalue weighted by Crippen LogP contribution is 2.32. The van der Waals surface area contributed by atoms with E-state index in [0.717, 1.165) is 24.1 Å². The molecule has 0 radical (unpaired) electrons. The van der Waals surface area contributed by atoms with Crippen molar-refractivity contribution in [3.05, 3.63) is 72.3 Å². The van der Waals surface area contributed by atoms with Gasteiger partial charge in [-0.2, -0.15) is 15.0 Å². The van der Waals surface area contributed by atoms with Crippen LogP contribution >= 0.6 is 0 Å². The first-order valence-corrected chi connectivity index (χ1v) is 9.39. The quantitative estimate of drug-likeness (QED) is 0.607. The number of hydrogen-bond acceptors (Lipinski definition) is 3. The monoisotopic (exact) mass is 342 g/mol. The maximum atomic E-state index is 4.82. The summed E-state index contributed by atoms with van der Waals surface area (Å²) in [6, 6.07) is 23.6. The summed E-state index contributed by atoms with van der Waals surface area (Å²) in [7, 11) is 0. The fourth-order valence-corrected chi connectivity index (χ4v) is 4.13. The topological polar surface area (TPSA) is 42.7 Å². The summed E-state index contributed by atoms with van der Waals surface area (Å²) >= 11 is 0. The highest BCUT2D eigenvalue weighted by Gasteiger charge is 2.28. The summed E-state index contributed by atoms with van der Waals surface area (Å²) in [6.45, 7) is 2.12. The molecule has 1 aliphatic heterocycles. The van der Waals surface area contributed by atoms with Crippen molar-refractivity contribution < 1.29 is 0 Å². The predicted octanol–water partition coefficient (Wildman–Crippen LogP) is 4.17. The van der Waals surface area contributed by atoms with Crippen LogP contribution in [0.2, 0.25) is 0 Å². The minimum absolute atomic E-state index is 0.153. The summed E-state index contributed by atoms with van der Waals surface area (Å²) in [5.74, 6) is 0.492. The van der Waals surface area contributed by atoms with Crippen LogP contribution in [0, 0.1) is 5.92 Å². The van der Waals surface area contributed by atoms with E-state index in [0.29, 0.717) is 5.92 Å². The molecule has 0 amide bonds. The van der Waals surface area contributed by atoms with Gasteiger partial charge in [0.2, 0.25) is 0 Å². The minimum atomic E-state index is 0.153. The molecule has 2 atom stereocenters. The van der Waals surface area contributed by atoms with E-state index in [4.69, 9.17) is 10.2 Å². The number of hydrogen-bond donors (Lipinski definition) is 1. The van der Waals surface area contributed by atoms with Gasteiger partial charge in [-0.1, -0.05) is 48.5 Å². The van der Waals surface area contributed by atoms with Gasteiger partial charge in [0.25, 0.3) is 0 Å². The van der Waals surface area contributed by atoms with Gasteiger partial charge in [0.1, 0.15) is 17.1 Å². The van der Waals surface area contributed by atoms with Crippen molar-refractivity contribution in [2.24, 2.45) is 5.92 Å². The average Bonchev–Trinajstić information content (AvgIpc) is 3.12. The van der Waals surface area contributed by atoms with Crippen LogP contribution in [0.5, 0.6) is 0 Å². The Morgan fingerprint density at radius 3 is 2.35 bits per heavy atom. The number of piperidine rings is 1. The zero-order chi connectivity index (χ0) is 17.3. The van der Waals surface area contributed by atoms with Crippen LogP contribution in [0.15, 0.2) is 66.7 Å². The van der Waals surface area contributed by atoms with Crippen LogP contribution in [-0.2, 0) is 0 Å². The van der Waals surface area contributed by atoms with E-state index in [2.05, 4.69) is 47.8 Å². The number of nitrogens with one attached hydrogen (secondary N) is 1. The lowest BCUT2D eigenvalue weighted by Gasteiger charge is -2.30. The molecule has 26 heavy (non-hydrogen) atoms. The van der Waals surface area contributed by atoms with Gasteiger partial charge >= 0.3 is 0 Å². The first-order valence-electron chi connectivity index (χ1n) is 9.39. The van der Waals surface area contributed by atoms with Gasteiger partial charge < -0.3 is 5.32 Å². The maximum absolute atomic E-state index is 4.82. The molecule has 0 spiro atoms. The number of fused-ring (bicyclic) bond motifs is 2. The number of rotatable bonds is 3. The Bertz CT molecular complexity index is 1010. The van der Waals surface area contributed by atoms with Crippen molar-refractivity contribution in [3.63, 3.8) is 0 Å². The van der Waals surface area contributed by atoms with Crippen LogP contribution in [0.25, 0.3) is 21.8 Å². The van der Waals surface area contributed by atoms with Crippen LogP contribution < -0.4 is 5.32 Å². The minimum Gasteiger partial charge on any atom is -0.316 e. The van der Waals surface area contributed by atoms with E-state index in [1.807, 2.05) is 29.1 Å². The van der Waals surface area contributed by atoms with E-state index in [1.54, 1.807) is 0 Å². The third-order valence-electron chi connectivity index (χ3n) is 5.45. The highest BCUT2D eigenvalue weighted by molar-refractivity contribution is 5.83. The van der Waals surface area contributed by atoms with E-state index in [9.17, 15) is 0 Å². The lowest BCUT2D eigenvalue weighted by Crippen LogP contribution is -2.36. The SMILES string of the molecule is c1ccc2cc([C@@H]([C@H]3CCCNC3)n3nc4ccccc4n3)ccc2c1. The Balaban J connectivity index is 1.64. The lowest BCUT2D eigenvalue weighted by atomic mass is 9.87. The molecule has 0 bridgehead atoms. The van der Waals surface area contributed by atoms with Gasteiger partial charge in [-0.25, -0.2) is 0 Å². The second-order valence-electron chi connectivity index (χ2n) is 7.17. The molecule has 1 N–H and O–H groups in total. The van der Waals surface area contributed by atoms with Gasteiger partial charge in [-0.05, 0) is 59.8 Å². The second-order valence-corrected chi connectivity index (χ2v) is 7.17. The van der Waals surface area contributed by atoms with Crippen molar-refractivity contribution in [1.29, 1.82) is 0 Å². The molecule has 3 aromatic carbocycles. The summed E-state index contributed by atoms with van der Waals surface area (Å²) in [5.41, 5.74) is 3.21. The highest BCUT2D eigenvalue weighted by atomic mass is 15.5. The Morgan fingerprint density at radius 2 is 1.62 bits per heavy atom. The third-order valence-corrected chi connectivity index (χ3v) is 5.45. The normalized spacial score (nSPS) is 19.0. The van der Waals surface area contributed by atoms with Gasteiger partial charge in [0.15, 0.2) is 0 Å². The molecule has 4 nitrogen and oxygen atoms in total. The van der Waals surface area contributed by atoms with Crippen molar-refractivity contribution >= 4 is 21.8 Å². The Hall–Kier alpha value is -2.72. The van der Waals surface area contributed by atoms with Crippen LogP contribution in [-0.4, -0.2) is 28.1 Å². The van der Waals surface area contributed by atoms with E-state index in [-0.39, 0.29) is 6.04 Å². The molecule has 1 aromatic heterocycles. The van der Waals surface area contributed by atoms with Crippen molar-refractivity contribution in [3.8, 4) is 0 Å². The van der Waals surface area contributed by atoms with Crippen LogP contribution in [0.3, 0.4) is 0 Å². The fraction of sp³-hybridized carbons (Fsp3) is 0.273. The summed E-state index contributed by atoms with van der Waals surface area (Å²) < 4.78 is 0. The molecule has 130 valence electrons. The van der Waals surface area contributed by atoms with Crippen LogP contribution in [0.1, 0.15) is 24.4 Å². The molecule has 1 aliphatic rings. The molecular formula is C22H22N4. The molecule has 0 aliphatic carbocycles. The molecule has 0 saturated carbocycles. The first-order chi connectivity index (χ1) is 12.9. The molecule has 4 aromatic rings. The molecule has 5 rings (SSSR count). The Morgan fingerprint density at radius 1 is 0.885 bits per heavy atom. The third kappa shape index (κ3) is 2.76. The van der Waals surface area contributed by atoms with Gasteiger partial charge in [-0.15, -0.1) is 0 Å². The zero-order valence-electron chi connectivity index (χ0n) is 14.7. The molecule has 1 saturated heterocycles. The average molecular weight is 342 g/mol. The Labute approximate surface area is 152 Å². The lowest BCUT2D eigenvalue weighted by molar-refractivity contribution is 0.265. The van der Waals surface area contributed by atoms with E-state index in [1.165, 1.54) is 29.2 Å². The fourth-order valence-electron chi connectivity index (χ4n) is 4.13. The summed E-state index contributed by atoms with van der Waals surface area (Å²) in [4.78, 5) is 1.95. The predicted molar refractivity (Wildman–Crippen MR) is 105 cm³/mol. The number of aromatic nitrogens is 3. The standard InChI is InChI=1S/C22H22N4/c1-2-7-17-14-18(12-11-16(17)6-1)22(19-8-5-13-23-15-19)26-24-20-9-3-4-10-21(20)25-26/h1-4,6-7,9-12,14,19,22-23H,5,8,13,15H2/t19-,22-/m0/s1. The van der Waals surface area contributed by atoms with Gasteiger partial charge in [0.05, 0.1) is 0 Å². The second kappa shape index (κ2) is 6.54. The smallest absolute Gasteiger partial charge is 0.113 e. The molecule has 4 heteroatoms. The number of nitrogens with zero attached hydrogens (tertiary/aromatic N) is 3. The molecule has 2 heterocycles. The molecular weight excluding hydrogens is 320 g/mol. The van der Waals surface area contributed by atoms with E-state index >= 15 is 0 Å². The zero-order valence-corrected chi connectivity index (χ0v) is 14.7. The largest absolute Gasteiger partial charge is 0.316 e. The van der Waals surface area contributed by atoms with Crippen molar-refractivity contribution in [1.82, 2.24) is 20.3 Å². The molecule has 0 unspecified atom stereocenters. The Kier molecular flexibility index (Phi) is 3.91. The first kappa shape index (κ1) is 15.5.